The molecule has 1 fully saturated rings. The van der Waals surface area contributed by atoms with Crippen LogP contribution in [0.4, 0.5) is 10.5 Å². The number of nitrogens with zero attached hydrogens (tertiary/aromatic N) is 2. The van der Waals surface area contributed by atoms with Gasteiger partial charge in [0.15, 0.2) is 11.5 Å². The molecule has 0 saturated carbocycles. The molecule has 0 bridgehead atoms. The average molecular weight is 530 g/mol. The summed E-state index contributed by atoms with van der Waals surface area (Å²) in [6.07, 6.45) is -0.672. The van der Waals surface area contributed by atoms with Crippen molar-refractivity contribution in [3.8, 4) is 11.5 Å². The summed E-state index contributed by atoms with van der Waals surface area (Å²) < 4.78 is 21.2. The number of rotatable bonds is 8. The van der Waals surface area contributed by atoms with Crippen LogP contribution in [0.5, 0.6) is 11.5 Å². The summed E-state index contributed by atoms with van der Waals surface area (Å²) in [6, 6.07) is 9.79. The fourth-order valence-corrected chi connectivity index (χ4v) is 4.03. The van der Waals surface area contributed by atoms with Gasteiger partial charge in [-0.2, -0.15) is 0 Å². The number of alkyl carbamates (subject to hydrolysis) is 1. The zero-order valence-electron chi connectivity index (χ0n) is 21.9. The second-order valence-electron chi connectivity index (χ2n) is 9.63. The molecule has 0 radical (unpaired) electrons. The third kappa shape index (κ3) is 6.90. The third-order valence-corrected chi connectivity index (χ3v) is 5.70. The highest BCUT2D eigenvalue weighted by Gasteiger charge is 2.43. The van der Waals surface area contributed by atoms with E-state index >= 15 is 0 Å². The second-order valence-corrected chi connectivity index (χ2v) is 9.63. The molecular weight excluding hydrogens is 498 g/mol. The number of carbonyl (C=O) groups excluding carboxylic acids is 3. The standard InChI is InChI=1S/C26H31N3O9/c1-26(2,3)38-25(32)27-17-11-20(24(31)36-5)28(14-17)23(30)18-12-21(35-4)22(13-19(18)29(33)34)37-15-16-9-7-6-8-10-16/h6-10,12-13,17,20H,11,14-15H2,1-5H3,(H,27,32)/t17-,20+/m1/s1. The highest BCUT2D eigenvalue weighted by atomic mass is 16.6. The van der Waals surface area contributed by atoms with Gasteiger partial charge in [0.1, 0.15) is 23.8 Å². The summed E-state index contributed by atoms with van der Waals surface area (Å²) in [6.45, 7) is 5.13. The first-order valence-electron chi connectivity index (χ1n) is 11.8. The number of hydrogen-bond acceptors (Lipinski definition) is 9. The highest BCUT2D eigenvalue weighted by Crippen LogP contribution is 2.37. The fraction of sp³-hybridized carbons (Fsp3) is 0.423. The average Bonchev–Trinajstić information content (AvgIpc) is 3.28. The van der Waals surface area contributed by atoms with Gasteiger partial charge in [0.25, 0.3) is 11.6 Å². The monoisotopic (exact) mass is 529 g/mol. The summed E-state index contributed by atoms with van der Waals surface area (Å²) in [5.41, 5.74) is -0.739. The van der Waals surface area contributed by atoms with Crippen LogP contribution in [0.25, 0.3) is 0 Å². The van der Waals surface area contributed by atoms with Crippen LogP contribution in [0.3, 0.4) is 0 Å². The first-order valence-corrected chi connectivity index (χ1v) is 11.8. The van der Waals surface area contributed by atoms with Gasteiger partial charge in [-0.25, -0.2) is 9.59 Å². The van der Waals surface area contributed by atoms with E-state index in [1.54, 1.807) is 20.8 Å². The Balaban J connectivity index is 1.90. The van der Waals surface area contributed by atoms with Crippen molar-refractivity contribution in [3.05, 3.63) is 63.7 Å². The van der Waals surface area contributed by atoms with Crippen molar-refractivity contribution in [3.63, 3.8) is 0 Å². The number of carbonyl (C=O) groups is 3. The molecule has 2 aromatic rings. The van der Waals surface area contributed by atoms with Crippen LogP contribution in [0.15, 0.2) is 42.5 Å². The van der Waals surface area contributed by atoms with Gasteiger partial charge in [0.2, 0.25) is 0 Å². The van der Waals surface area contributed by atoms with Crippen molar-refractivity contribution >= 4 is 23.7 Å². The number of benzene rings is 2. The molecule has 0 spiro atoms. The molecule has 1 N–H and O–H groups in total. The minimum absolute atomic E-state index is 0.0425. The van der Waals surface area contributed by atoms with E-state index in [1.807, 2.05) is 30.3 Å². The molecule has 1 saturated heterocycles. The molecule has 0 aliphatic carbocycles. The van der Waals surface area contributed by atoms with E-state index in [1.165, 1.54) is 20.3 Å². The molecule has 12 nitrogen and oxygen atoms in total. The number of hydrogen-bond donors (Lipinski definition) is 1. The van der Waals surface area contributed by atoms with E-state index in [-0.39, 0.29) is 36.6 Å². The topological polar surface area (TPSA) is 147 Å². The largest absolute Gasteiger partial charge is 0.493 e. The van der Waals surface area contributed by atoms with Gasteiger partial charge in [-0.3, -0.25) is 14.9 Å². The van der Waals surface area contributed by atoms with E-state index in [0.717, 1.165) is 16.5 Å². The maximum absolute atomic E-state index is 13.6. The molecule has 12 heteroatoms. The first-order chi connectivity index (χ1) is 17.9. The Hall–Kier alpha value is -4.35. The highest BCUT2D eigenvalue weighted by molar-refractivity contribution is 6.01. The van der Waals surface area contributed by atoms with Gasteiger partial charge in [0.05, 0.1) is 31.3 Å². The predicted molar refractivity (Wildman–Crippen MR) is 135 cm³/mol. The molecule has 0 unspecified atom stereocenters. The SMILES string of the molecule is COC(=O)[C@@H]1C[C@@H](NC(=O)OC(C)(C)C)CN1C(=O)c1cc(OC)c(OCc2ccccc2)cc1[N+](=O)[O-]. The quantitative estimate of drug-likeness (QED) is 0.308. The van der Waals surface area contributed by atoms with Gasteiger partial charge in [-0.1, -0.05) is 30.3 Å². The lowest BCUT2D eigenvalue weighted by Crippen LogP contribution is -2.42. The second kappa shape index (κ2) is 11.8. The Kier molecular flexibility index (Phi) is 8.76. The van der Waals surface area contributed by atoms with Crippen molar-refractivity contribution in [2.75, 3.05) is 20.8 Å². The maximum atomic E-state index is 13.6. The normalized spacial score (nSPS) is 16.9. The number of esters is 1. The maximum Gasteiger partial charge on any atom is 0.407 e. The van der Waals surface area contributed by atoms with Crippen LogP contribution in [0.2, 0.25) is 0 Å². The van der Waals surface area contributed by atoms with E-state index in [0.29, 0.717) is 0 Å². The molecule has 2 atom stereocenters. The van der Waals surface area contributed by atoms with Crippen molar-refractivity contribution < 1.29 is 38.3 Å². The summed E-state index contributed by atoms with van der Waals surface area (Å²) in [4.78, 5) is 50.7. The van der Waals surface area contributed by atoms with Crippen LogP contribution in [-0.2, 0) is 20.9 Å². The molecule has 204 valence electrons. The number of methoxy groups -OCH3 is 2. The summed E-state index contributed by atoms with van der Waals surface area (Å²) in [5.74, 6) is -1.33. The van der Waals surface area contributed by atoms with Crippen LogP contribution in [0.1, 0.15) is 43.1 Å². The smallest absolute Gasteiger partial charge is 0.407 e. The Morgan fingerprint density at radius 2 is 1.79 bits per heavy atom. The number of likely N-dealkylation sites (tertiary alicyclic amines) is 1. The first kappa shape index (κ1) is 28.2. The zero-order chi connectivity index (χ0) is 28.0. The Bertz CT molecular complexity index is 1190. The Morgan fingerprint density at radius 1 is 1.11 bits per heavy atom. The molecular formula is C26H31N3O9. The van der Waals surface area contributed by atoms with Gasteiger partial charge in [-0.15, -0.1) is 0 Å². The predicted octanol–water partition coefficient (Wildman–Crippen LogP) is 3.46. The molecule has 2 aromatic carbocycles. The van der Waals surface area contributed by atoms with Crippen molar-refractivity contribution in [2.24, 2.45) is 0 Å². The van der Waals surface area contributed by atoms with E-state index in [9.17, 15) is 24.5 Å². The lowest BCUT2D eigenvalue weighted by molar-refractivity contribution is -0.385. The third-order valence-electron chi connectivity index (χ3n) is 5.70. The summed E-state index contributed by atoms with van der Waals surface area (Å²) in [5, 5.41) is 14.6. The van der Waals surface area contributed by atoms with Crippen molar-refractivity contribution in [1.82, 2.24) is 10.2 Å². The number of nitrogens with one attached hydrogen (secondary N) is 1. The van der Waals surface area contributed by atoms with Gasteiger partial charge < -0.3 is 29.2 Å². The van der Waals surface area contributed by atoms with Gasteiger partial charge >= 0.3 is 12.1 Å². The van der Waals surface area contributed by atoms with E-state index in [4.69, 9.17) is 18.9 Å². The molecule has 1 aliphatic rings. The lowest BCUT2D eigenvalue weighted by Gasteiger charge is -2.23. The fourth-order valence-electron chi connectivity index (χ4n) is 4.03. The van der Waals surface area contributed by atoms with Crippen LogP contribution < -0.4 is 14.8 Å². The minimum Gasteiger partial charge on any atom is -0.493 e. The Labute approximate surface area is 219 Å². The number of ether oxygens (including phenoxy) is 4. The van der Waals surface area contributed by atoms with Crippen molar-refractivity contribution in [2.45, 2.75) is 51.5 Å². The number of amides is 2. The molecule has 3 rings (SSSR count). The lowest BCUT2D eigenvalue weighted by atomic mass is 10.1. The van der Waals surface area contributed by atoms with Gasteiger partial charge in [-0.05, 0) is 26.3 Å². The molecule has 2 amide bonds. The molecule has 0 aromatic heterocycles. The summed E-state index contributed by atoms with van der Waals surface area (Å²) in [7, 11) is 2.52. The molecule has 1 heterocycles. The number of nitro benzene ring substituents is 1. The van der Waals surface area contributed by atoms with Gasteiger partial charge in [0, 0.05) is 19.0 Å². The Morgan fingerprint density at radius 3 is 2.37 bits per heavy atom. The van der Waals surface area contributed by atoms with Crippen LogP contribution >= 0.6 is 0 Å². The van der Waals surface area contributed by atoms with E-state index in [2.05, 4.69) is 5.32 Å². The zero-order valence-corrected chi connectivity index (χ0v) is 21.9. The molecule has 38 heavy (non-hydrogen) atoms. The molecule has 1 aliphatic heterocycles. The summed E-state index contributed by atoms with van der Waals surface area (Å²) >= 11 is 0. The number of nitro groups is 1. The van der Waals surface area contributed by atoms with Crippen molar-refractivity contribution in [1.29, 1.82) is 0 Å². The van der Waals surface area contributed by atoms with E-state index < -0.39 is 46.3 Å². The minimum atomic E-state index is -1.08. The van der Waals surface area contributed by atoms with Crippen LogP contribution in [0, 0.1) is 10.1 Å². The van der Waals surface area contributed by atoms with Crippen LogP contribution in [-0.4, -0.2) is 66.2 Å².